The van der Waals surface area contributed by atoms with Crippen LogP contribution in [0.15, 0.2) is 30.5 Å². The highest BCUT2D eigenvalue weighted by atomic mass is 15.3. The van der Waals surface area contributed by atoms with Gasteiger partial charge in [0.05, 0.1) is 5.69 Å². The van der Waals surface area contributed by atoms with Crippen LogP contribution >= 0.6 is 0 Å². The van der Waals surface area contributed by atoms with E-state index in [9.17, 15) is 0 Å². The second-order valence-electron chi connectivity index (χ2n) is 3.67. The standard InChI is InChI=1S/C12H14N2/c1-9-4-5-12(10(2)8-9)14-11(3)6-7-13-14/h4-8H,1-3H3. The Morgan fingerprint density at radius 2 is 1.86 bits per heavy atom. The minimum absolute atomic E-state index is 1.16. The Balaban J connectivity index is 2.58. The van der Waals surface area contributed by atoms with Gasteiger partial charge in [0.25, 0.3) is 0 Å². The third-order valence-corrected chi connectivity index (χ3v) is 2.41. The number of nitrogens with zero attached hydrogens (tertiary/aromatic N) is 2. The zero-order valence-electron chi connectivity index (χ0n) is 8.78. The molecule has 2 nitrogen and oxygen atoms in total. The number of aryl methyl sites for hydroxylation is 3. The average Bonchev–Trinajstić information content (AvgIpc) is 2.52. The number of rotatable bonds is 1. The van der Waals surface area contributed by atoms with Crippen LogP contribution in [0.2, 0.25) is 0 Å². The quantitative estimate of drug-likeness (QED) is 0.669. The Kier molecular flexibility index (Phi) is 2.12. The first-order valence-corrected chi connectivity index (χ1v) is 4.77. The van der Waals surface area contributed by atoms with Crippen LogP contribution in [0.3, 0.4) is 0 Å². The van der Waals surface area contributed by atoms with Gasteiger partial charge in [-0.05, 0) is 38.5 Å². The lowest BCUT2D eigenvalue weighted by molar-refractivity contribution is 0.840. The highest BCUT2D eigenvalue weighted by Crippen LogP contribution is 2.16. The van der Waals surface area contributed by atoms with E-state index in [0.717, 1.165) is 11.4 Å². The maximum absolute atomic E-state index is 4.29. The minimum atomic E-state index is 1.16. The van der Waals surface area contributed by atoms with Gasteiger partial charge in [-0.15, -0.1) is 0 Å². The first-order valence-electron chi connectivity index (χ1n) is 4.77. The highest BCUT2D eigenvalue weighted by Gasteiger charge is 2.03. The van der Waals surface area contributed by atoms with Gasteiger partial charge in [0.15, 0.2) is 0 Å². The maximum Gasteiger partial charge on any atom is 0.0677 e. The van der Waals surface area contributed by atoms with Crippen LogP contribution in [0.5, 0.6) is 0 Å². The molecule has 72 valence electrons. The molecule has 0 saturated heterocycles. The zero-order chi connectivity index (χ0) is 10.1. The van der Waals surface area contributed by atoms with Crippen molar-refractivity contribution in [1.29, 1.82) is 0 Å². The molecule has 0 aliphatic rings. The van der Waals surface area contributed by atoms with E-state index in [-0.39, 0.29) is 0 Å². The Labute approximate surface area is 84.2 Å². The third-order valence-electron chi connectivity index (χ3n) is 2.41. The van der Waals surface area contributed by atoms with Crippen molar-refractivity contribution in [3.05, 3.63) is 47.3 Å². The second kappa shape index (κ2) is 3.29. The van der Waals surface area contributed by atoms with Gasteiger partial charge in [-0.3, -0.25) is 0 Å². The fourth-order valence-electron chi connectivity index (χ4n) is 1.66. The topological polar surface area (TPSA) is 17.8 Å². The second-order valence-corrected chi connectivity index (χ2v) is 3.67. The lowest BCUT2D eigenvalue weighted by Crippen LogP contribution is -2.00. The molecule has 14 heavy (non-hydrogen) atoms. The highest BCUT2D eigenvalue weighted by molar-refractivity contribution is 5.42. The van der Waals surface area contributed by atoms with Crippen LogP contribution in [-0.2, 0) is 0 Å². The molecule has 1 aromatic heterocycles. The Morgan fingerprint density at radius 3 is 2.43 bits per heavy atom. The van der Waals surface area contributed by atoms with Gasteiger partial charge in [-0.25, -0.2) is 4.68 Å². The van der Waals surface area contributed by atoms with Crippen molar-refractivity contribution in [3.63, 3.8) is 0 Å². The van der Waals surface area contributed by atoms with E-state index in [4.69, 9.17) is 0 Å². The molecule has 0 atom stereocenters. The molecule has 0 unspecified atom stereocenters. The molecular formula is C12H14N2. The summed E-state index contributed by atoms with van der Waals surface area (Å²) in [6, 6.07) is 8.42. The van der Waals surface area contributed by atoms with Gasteiger partial charge >= 0.3 is 0 Å². The van der Waals surface area contributed by atoms with Crippen molar-refractivity contribution in [3.8, 4) is 5.69 Å². The molecule has 0 aliphatic carbocycles. The van der Waals surface area contributed by atoms with Crippen LogP contribution in [0.4, 0.5) is 0 Å². The smallest absolute Gasteiger partial charge is 0.0677 e. The van der Waals surface area contributed by atoms with Crippen LogP contribution < -0.4 is 0 Å². The molecule has 2 rings (SSSR count). The number of aromatic nitrogens is 2. The number of hydrogen-bond acceptors (Lipinski definition) is 1. The molecule has 0 N–H and O–H groups in total. The van der Waals surface area contributed by atoms with Gasteiger partial charge in [-0.1, -0.05) is 17.7 Å². The first-order chi connectivity index (χ1) is 6.68. The van der Waals surface area contributed by atoms with Gasteiger partial charge in [-0.2, -0.15) is 5.10 Å². The van der Waals surface area contributed by atoms with Crippen molar-refractivity contribution in [2.45, 2.75) is 20.8 Å². The monoisotopic (exact) mass is 186 g/mol. The number of benzene rings is 1. The Bertz CT molecular complexity index is 455. The van der Waals surface area contributed by atoms with E-state index in [1.165, 1.54) is 11.1 Å². The first kappa shape index (κ1) is 9.00. The number of hydrogen-bond donors (Lipinski definition) is 0. The lowest BCUT2D eigenvalue weighted by Gasteiger charge is -2.08. The molecular weight excluding hydrogens is 172 g/mol. The summed E-state index contributed by atoms with van der Waals surface area (Å²) in [5.41, 5.74) is 4.88. The van der Waals surface area contributed by atoms with Crippen LogP contribution in [0.1, 0.15) is 16.8 Å². The summed E-state index contributed by atoms with van der Waals surface area (Å²) >= 11 is 0. The minimum Gasteiger partial charge on any atom is -0.238 e. The molecule has 1 aromatic carbocycles. The summed E-state index contributed by atoms with van der Waals surface area (Å²) in [4.78, 5) is 0. The molecule has 2 heteroatoms. The SMILES string of the molecule is Cc1ccc(-n2nccc2C)c(C)c1. The largest absolute Gasteiger partial charge is 0.238 e. The van der Waals surface area contributed by atoms with Crippen molar-refractivity contribution >= 4 is 0 Å². The fourth-order valence-corrected chi connectivity index (χ4v) is 1.66. The van der Waals surface area contributed by atoms with Crippen molar-refractivity contribution in [2.24, 2.45) is 0 Å². The van der Waals surface area contributed by atoms with E-state index in [1.807, 2.05) is 16.9 Å². The van der Waals surface area contributed by atoms with E-state index < -0.39 is 0 Å². The fraction of sp³-hybridized carbons (Fsp3) is 0.250. The molecule has 0 fully saturated rings. The normalized spacial score (nSPS) is 10.5. The van der Waals surface area contributed by atoms with Gasteiger partial charge in [0.1, 0.15) is 0 Å². The summed E-state index contributed by atoms with van der Waals surface area (Å²) in [6.07, 6.45) is 1.83. The van der Waals surface area contributed by atoms with Crippen LogP contribution in [-0.4, -0.2) is 9.78 Å². The predicted octanol–water partition coefficient (Wildman–Crippen LogP) is 2.80. The van der Waals surface area contributed by atoms with E-state index in [0.29, 0.717) is 0 Å². The average molecular weight is 186 g/mol. The van der Waals surface area contributed by atoms with Gasteiger partial charge in [0.2, 0.25) is 0 Å². The van der Waals surface area contributed by atoms with Crippen molar-refractivity contribution < 1.29 is 0 Å². The van der Waals surface area contributed by atoms with E-state index in [2.05, 4.69) is 44.1 Å². The van der Waals surface area contributed by atoms with Crippen LogP contribution in [0.25, 0.3) is 5.69 Å². The van der Waals surface area contributed by atoms with Crippen molar-refractivity contribution in [2.75, 3.05) is 0 Å². The summed E-state index contributed by atoms with van der Waals surface area (Å²) in [5, 5.41) is 4.29. The summed E-state index contributed by atoms with van der Waals surface area (Å²) in [7, 11) is 0. The molecule has 0 amide bonds. The molecule has 1 heterocycles. The molecule has 0 saturated carbocycles. The summed E-state index contributed by atoms with van der Waals surface area (Å²) < 4.78 is 1.97. The third kappa shape index (κ3) is 1.43. The lowest BCUT2D eigenvalue weighted by atomic mass is 10.1. The zero-order valence-corrected chi connectivity index (χ0v) is 8.78. The summed E-state index contributed by atoms with van der Waals surface area (Å²) in [5.74, 6) is 0. The molecule has 0 radical (unpaired) electrons. The maximum atomic E-state index is 4.29. The van der Waals surface area contributed by atoms with E-state index in [1.54, 1.807) is 0 Å². The Morgan fingerprint density at radius 1 is 1.07 bits per heavy atom. The van der Waals surface area contributed by atoms with E-state index >= 15 is 0 Å². The van der Waals surface area contributed by atoms with Gasteiger partial charge < -0.3 is 0 Å². The summed E-state index contributed by atoms with van der Waals surface area (Å²) in [6.45, 7) is 6.28. The molecule has 2 aromatic rings. The molecule has 0 spiro atoms. The molecule has 0 aliphatic heterocycles. The van der Waals surface area contributed by atoms with Gasteiger partial charge in [0, 0.05) is 11.9 Å². The van der Waals surface area contributed by atoms with Crippen LogP contribution in [0, 0.1) is 20.8 Å². The Hall–Kier alpha value is -1.57. The molecule has 0 bridgehead atoms. The van der Waals surface area contributed by atoms with Crippen molar-refractivity contribution in [1.82, 2.24) is 9.78 Å². The predicted molar refractivity (Wildman–Crippen MR) is 57.8 cm³/mol.